The summed E-state index contributed by atoms with van der Waals surface area (Å²) in [7, 11) is 0. The molecule has 1 aliphatic heterocycles. The normalized spacial score (nSPS) is 29.9. The van der Waals surface area contributed by atoms with Crippen LogP contribution in [0, 0.1) is 23.7 Å². The summed E-state index contributed by atoms with van der Waals surface area (Å²) in [5.41, 5.74) is 0.514. The van der Waals surface area contributed by atoms with E-state index >= 15 is 0 Å². The van der Waals surface area contributed by atoms with Crippen LogP contribution >= 0.6 is 0 Å². The number of phenolic OH excluding ortho intramolecular Hbond substituents is 1. The molecule has 1 N–H and O–H groups in total. The lowest BCUT2D eigenvalue weighted by Crippen LogP contribution is -2.38. The summed E-state index contributed by atoms with van der Waals surface area (Å²) in [6.07, 6.45) is 7.53. The minimum Gasteiger partial charge on any atom is -0.507 e. The van der Waals surface area contributed by atoms with Crippen molar-refractivity contribution in [2.24, 2.45) is 28.8 Å². The molecule has 2 bridgehead atoms. The summed E-state index contributed by atoms with van der Waals surface area (Å²) in [4.78, 5) is 25.6. The molecule has 130 valence electrons. The minimum absolute atomic E-state index is 0.0747. The van der Waals surface area contributed by atoms with Crippen LogP contribution in [0.4, 0.5) is 0 Å². The molecule has 2 aromatic carbocycles. The molecule has 5 heteroatoms. The smallest absolute Gasteiger partial charge is 0.254 e. The molecule has 1 saturated carbocycles. The Bertz CT molecular complexity index is 962. The predicted octanol–water partition coefficient (Wildman–Crippen LogP) is 3.08. The third kappa shape index (κ3) is 2.06. The zero-order valence-electron chi connectivity index (χ0n) is 14.1. The number of hydrogen-bond acceptors (Lipinski definition) is 4. The number of allylic oxidation sites excluding steroid dienone is 2. The van der Waals surface area contributed by atoms with Crippen molar-refractivity contribution in [1.29, 1.82) is 0 Å². The first-order valence-electron chi connectivity index (χ1n) is 8.96. The highest BCUT2D eigenvalue weighted by atomic mass is 16.3. The number of carbonyl (C=O) groups is 2. The third-order valence-electron chi connectivity index (χ3n) is 5.99. The maximum atomic E-state index is 12.8. The average molecular weight is 346 g/mol. The maximum absolute atomic E-state index is 12.8. The van der Waals surface area contributed by atoms with Gasteiger partial charge in [-0.05, 0) is 41.5 Å². The second kappa shape index (κ2) is 5.53. The lowest BCUT2D eigenvalue weighted by Gasteiger charge is -2.37. The van der Waals surface area contributed by atoms with Crippen molar-refractivity contribution in [2.45, 2.75) is 12.8 Å². The van der Waals surface area contributed by atoms with Gasteiger partial charge in [-0.3, -0.25) is 9.59 Å². The highest BCUT2D eigenvalue weighted by Crippen LogP contribution is 2.49. The molecular weight excluding hydrogens is 328 g/mol. The largest absolute Gasteiger partial charge is 0.507 e. The molecule has 0 unspecified atom stereocenters. The zero-order chi connectivity index (χ0) is 17.8. The number of benzene rings is 2. The molecule has 4 atom stereocenters. The number of hydrogen-bond donors (Lipinski definition) is 1. The Kier molecular flexibility index (Phi) is 3.26. The Morgan fingerprint density at radius 3 is 2.27 bits per heavy atom. The van der Waals surface area contributed by atoms with E-state index in [0.717, 1.165) is 28.6 Å². The van der Waals surface area contributed by atoms with Gasteiger partial charge in [0.05, 0.1) is 18.1 Å². The Morgan fingerprint density at radius 1 is 0.962 bits per heavy atom. The van der Waals surface area contributed by atoms with Crippen LogP contribution in [0.25, 0.3) is 10.8 Å². The number of carbonyl (C=O) groups excluding carboxylic acids is 2. The number of aromatic hydroxyl groups is 1. The van der Waals surface area contributed by atoms with Crippen molar-refractivity contribution in [3.63, 3.8) is 0 Å². The summed E-state index contributed by atoms with van der Waals surface area (Å²) < 4.78 is 0. The first-order valence-corrected chi connectivity index (χ1v) is 8.96. The first-order chi connectivity index (χ1) is 12.6. The molecule has 1 saturated heterocycles. The van der Waals surface area contributed by atoms with Crippen LogP contribution in [0.3, 0.4) is 0 Å². The van der Waals surface area contributed by atoms with Crippen LogP contribution in [-0.4, -0.2) is 28.1 Å². The molecule has 4 aliphatic rings. The fourth-order valence-corrected chi connectivity index (χ4v) is 4.71. The zero-order valence-corrected chi connectivity index (χ0v) is 14.1. The quantitative estimate of drug-likeness (QED) is 0.516. The number of amides is 2. The second-order valence-corrected chi connectivity index (χ2v) is 7.29. The van der Waals surface area contributed by atoms with Gasteiger partial charge in [0, 0.05) is 5.56 Å². The van der Waals surface area contributed by atoms with Gasteiger partial charge in [0.25, 0.3) is 11.8 Å². The maximum Gasteiger partial charge on any atom is 0.254 e. The van der Waals surface area contributed by atoms with E-state index in [1.807, 2.05) is 30.3 Å². The highest BCUT2D eigenvalue weighted by molar-refractivity contribution is 6.08. The second-order valence-electron chi connectivity index (χ2n) is 7.29. The van der Waals surface area contributed by atoms with Crippen LogP contribution in [-0.2, 0) is 9.59 Å². The van der Waals surface area contributed by atoms with Gasteiger partial charge in [-0.25, -0.2) is 0 Å². The van der Waals surface area contributed by atoms with Gasteiger partial charge in [-0.2, -0.15) is 10.1 Å². The summed E-state index contributed by atoms with van der Waals surface area (Å²) in [6, 6.07) is 11.0. The fraction of sp³-hybridized carbons (Fsp3) is 0.286. The summed E-state index contributed by atoms with van der Waals surface area (Å²) in [5, 5.41) is 17.2. The lowest BCUT2D eigenvalue weighted by molar-refractivity contribution is -0.140. The van der Waals surface area contributed by atoms with Gasteiger partial charge in [0.1, 0.15) is 5.75 Å². The van der Waals surface area contributed by atoms with Crippen LogP contribution in [0.1, 0.15) is 18.4 Å². The van der Waals surface area contributed by atoms with Crippen molar-refractivity contribution in [2.75, 3.05) is 0 Å². The van der Waals surface area contributed by atoms with E-state index < -0.39 is 0 Å². The Labute approximate surface area is 150 Å². The van der Waals surface area contributed by atoms with Crippen molar-refractivity contribution < 1.29 is 14.7 Å². The SMILES string of the molecule is O=C1[C@@H]2[C@@H](C(=O)N1/N=C\c1c(O)ccc3ccccc13)[C@H]1C=C[C@@H]2CC1. The molecule has 2 amide bonds. The van der Waals surface area contributed by atoms with E-state index in [9.17, 15) is 14.7 Å². The van der Waals surface area contributed by atoms with E-state index in [1.165, 1.54) is 6.21 Å². The summed E-state index contributed by atoms with van der Waals surface area (Å²) >= 11 is 0. The van der Waals surface area contributed by atoms with Gasteiger partial charge >= 0.3 is 0 Å². The molecule has 6 rings (SSSR count). The Hall–Kier alpha value is -2.95. The van der Waals surface area contributed by atoms with Crippen LogP contribution in [0.2, 0.25) is 0 Å². The van der Waals surface area contributed by atoms with E-state index in [0.29, 0.717) is 5.56 Å². The minimum atomic E-state index is -0.274. The van der Waals surface area contributed by atoms with Crippen LogP contribution < -0.4 is 0 Å². The van der Waals surface area contributed by atoms with Crippen molar-refractivity contribution in [1.82, 2.24) is 5.01 Å². The first kappa shape index (κ1) is 15.3. The standard InChI is InChI=1S/C21H18N2O3/c24-17-10-9-12-3-1-2-4-15(12)16(17)11-22-23-20(25)18-13-5-6-14(8-7-13)19(18)21(23)26/h1-6,9-11,13-14,18-19,24H,7-8H2/b22-11-/t13-,14+,18-,19-/m0/s1. The number of fused-ring (bicyclic) bond motifs is 2. The monoisotopic (exact) mass is 346 g/mol. The topological polar surface area (TPSA) is 70.0 Å². The van der Waals surface area contributed by atoms with Gasteiger partial charge in [-0.1, -0.05) is 42.5 Å². The molecule has 0 spiro atoms. The van der Waals surface area contributed by atoms with Crippen LogP contribution in [0.15, 0.2) is 53.7 Å². The van der Waals surface area contributed by atoms with E-state index in [4.69, 9.17) is 0 Å². The molecule has 26 heavy (non-hydrogen) atoms. The number of nitrogens with zero attached hydrogens (tertiary/aromatic N) is 2. The molecule has 0 radical (unpaired) electrons. The van der Waals surface area contributed by atoms with Crippen molar-refractivity contribution >= 4 is 28.8 Å². The van der Waals surface area contributed by atoms with E-state index in [1.54, 1.807) is 6.07 Å². The van der Waals surface area contributed by atoms with Gasteiger partial charge < -0.3 is 5.11 Å². The van der Waals surface area contributed by atoms with E-state index in [-0.39, 0.29) is 41.2 Å². The number of imide groups is 1. The molecular formula is C21H18N2O3. The summed E-state index contributed by atoms with van der Waals surface area (Å²) in [6.45, 7) is 0. The van der Waals surface area contributed by atoms with Gasteiger partial charge in [-0.15, -0.1) is 0 Å². The lowest BCUT2D eigenvalue weighted by atomic mass is 9.63. The number of rotatable bonds is 2. The highest BCUT2D eigenvalue weighted by Gasteiger charge is 2.56. The van der Waals surface area contributed by atoms with Gasteiger partial charge in [0.15, 0.2) is 0 Å². The number of phenols is 1. The summed E-state index contributed by atoms with van der Waals surface area (Å²) in [5.74, 6) is -0.606. The van der Waals surface area contributed by atoms with E-state index in [2.05, 4.69) is 17.3 Å². The predicted molar refractivity (Wildman–Crippen MR) is 97.4 cm³/mol. The molecule has 1 heterocycles. The fourth-order valence-electron chi connectivity index (χ4n) is 4.71. The van der Waals surface area contributed by atoms with Crippen molar-refractivity contribution in [3.8, 4) is 5.75 Å². The van der Waals surface area contributed by atoms with Crippen LogP contribution in [0.5, 0.6) is 5.75 Å². The van der Waals surface area contributed by atoms with Gasteiger partial charge in [0.2, 0.25) is 0 Å². The molecule has 0 aromatic heterocycles. The molecule has 3 aliphatic carbocycles. The van der Waals surface area contributed by atoms with Crippen molar-refractivity contribution in [3.05, 3.63) is 54.1 Å². The Morgan fingerprint density at radius 2 is 1.62 bits per heavy atom. The molecule has 2 aromatic rings. The average Bonchev–Trinajstić information content (AvgIpc) is 2.95. The number of hydrazone groups is 1. The third-order valence-corrected chi connectivity index (χ3v) is 5.99. The molecule has 5 nitrogen and oxygen atoms in total. The molecule has 2 fully saturated rings. The Balaban J connectivity index is 1.52.